The molecule has 0 bridgehead atoms. The number of nitrogens with zero attached hydrogens (tertiary/aromatic N) is 3. The molecule has 0 radical (unpaired) electrons. The van der Waals surface area contributed by atoms with Gasteiger partial charge in [-0.25, -0.2) is 4.79 Å². The third kappa shape index (κ3) is 7.83. The molecule has 3 amide bonds. The number of carbonyl (C=O) groups is 2. The van der Waals surface area contributed by atoms with E-state index in [1.54, 1.807) is 43.3 Å². The first-order valence-corrected chi connectivity index (χ1v) is 9.52. The van der Waals surface area contributed by atoms with E-state index in [-0.39, 0.29) is 18.5 Å². The van der Waals surface area contributed by atoms with Crippen LogP contribution in [0.15, 0.2) is 54.6 Å². The van der Waals surface area contributed by atoms with Crippen LogP contribution in [0.25, 0.3) is 0 Å². The van der Waals surface area contributed by atoms with Crippen LogP contribution in [0.5, 0.6) is 5.75 Å². The predicted molar refractivity (Wildman–Crippen MR) is 115 cm³/mol. The molecule has 1 N–H and O–H groups in total. The minimum Gasteiger partial charge on any atom is -0.484 e. The Labute approximate surface area is 172 Å². The number of urea groups is 1. The molecule has 7 nitrogen and oxygen atoms in total. The fraction of sp³-hybridized carbons (Fsp3) is 0.364. The summed E-state index contributed by atoms with van der Waals surface area (Å²) in [6.45, 7) is 1.83. The summed E-state index contributed by atoms with van der Waals surface area (Å²) in [5, 5.41) is 2.93. The summed E-state index contributed by atoms with van der Waals surface area (Å²) in [6.07, 6.45) is 0. The van der Waals surface area contributed by atoms with Crippen molar-refractivity contribution in [3.05, 3.63) is 60.2 Å². The molecule has 7 heteroatoms. The van der Waals surface area contributed by atoms with Gasteiger partial charge in [-0.1, -0.05) is 36.4 Å². The second kappa shape index (κ2) is 11.1. The molecule has 0 fully saturated rings. The van der Waals surface area contributed by atoms with Crippen LogP contribution in [0.1, 0.15) is 5.56 Å². The normalized spacial score (nSPS) is 10.5. The number of rotatable bonds is 9. The Hall–Kier alpha value is -3.06. The number of hydrogen-bond donors (Lipinski definition) is 1. The molecule has 0 atom stereocenters. The molecule has 0 unspecified atom stereocenters. The van der Waals surface area contributed by atoms with Crippen molar-refractivity contribution in [2.75, 3.05) is 53.2 Å². The monoisotopic (exact) mass is 398 g/mol. The molecule has 0 aliphatic heterocycles. The van der Waals surface area contributed by atoms with Crippen LogP contribution in [-0.2, 0) is 11.3 Å². The minimum absolute atomic E-state index is 0.0482. The zero-order valence-electron chi connectivity index (χ0n) is 17.6. The van der Waals surface area contributed by atoms with Crippen molar-refractivity contribution in [3.8, 4) is 5.75 Å². The van der Waals surface area contributed by atoms with Crippen molar-refractivity contribution in [1.29, 1.82) is 0 Å². The molecule has 2 aromatic carbocycles. The van der Waals surface area contributed by atoms with Crippen molar-refractivity contribution >= 4 is 17.6 Å². The average Bonchev–Trinajstić information content (AvgIpc) is 2.70. The summed E-state index contributed by atoms with van der Waals surface area (Å²) in [5.74, 6) is 0.401. The summed E-state index contributed by atoms with van der Waals surface area (Å²) in [6, 6.07) is 16.8. The molecular formula is C22H30N4O3. The smallest absolute Gasteiger partial charge is 0.322 e. The lowest BCUT2D eigenvalue weighted by molar-refractivity contribution is -0.130. The number of ether oxygens (including phenoxy) is 1. The van der Waals surface area contributed by atoms with Gasteiger partial charge in [0, 0.05) is 45.5 Å². The van der Waals surface area contributed by atoms with E-state index in [0.717, 1.165) is 12.1 Å². The maximum Gasteiger partial charge on any atom is 0.322 e. The maximum atomic E-state index is 12.9. The van der Waals surface area contributed by atoms with Crippen molar-refractivity contribution in [1.82, 2.24) is 14.7 Å². The zero-order valence-corrected chi connectivity index (χ0v) is 17.6. The van der Waals surface area contributed by atoms with Crippen LogP contribution in [-0.4, -0.2) is 74.5 Å². The molecule has 2 aromatic rings. The van der Waals surface area contributed by atoms with Gasteiger partial charge in [0.25, 0.3) is 5.91 Å². The number of carbonyl (C=O) groups excluding carboxylic acids is 2. The summed E-state index contributed by atoms with van der Waals surface area (Å²) < 4.78 is 5.52. The Morgan fingerprint density at radius 2 is 1.66 bits per heavy atom. The lowest BCUT2D eigenvalue weighted by atomic mass is 10.2. The van der Waals surface area contributed by atoms with Gasteiger partial charge < -0.3 is 24.8 Å². The standard InChI is InChI=1S/C22H30N4O3/c1-24(2)13-14-26(16-18-9-6-5-7-10-18)22(28)23-19-11-8-12-20(15-19)29-17-21(27)25(3)4/h5-12,15H,13-14,16-17H2,1-4H3,(H,23,28). The Bertz CT molecular complexity index is 794. The highest BCUT2D eigenvalue weighted by molar-refractivity contribution is 5.89. The fourth-order valence-electron chi connectivity index (χ4n) is 2.52. The summed E-state index contributed by atoms with van der Waals surface area (Å²) >= 11 is 0. The van der Waals surface area contributed by atoms with E-state index in [0.29, 0.717) is 24.5 Å². The third-order valence-electron chi connectivity index (χ3n) is 4.27. The van der Waals surface area contributed by atoms with Gasteiger partial charge in [-0.15, -0.1) is 0 Å². The minimum atomic E-state index is -0.183. The van der Waals surface area contributed by atoms with E-state index in [1.165, 1.54) is 4.90 Å². The summed E-state index contributed by atoms with van der Waals surface area (Å²) in [4.78, 5) is 29.9. The highest BCUT2D eigenvalue weighted by Crippen LogP contribution is 2.18. The van der Waals surface area contributed by atoms with Crippen LogP contribution < -0.4 is 10.1 Å². The summed E-state index contributed by atoms with van der Waals surface area (Å²) in [7, 11) is 7.32. The van der Waals surface area contributed by atoms with E-state index in [2.05, 4.69) is 5.32 Å². The Morgan fingerprint density at radius 3 is 2.31 bits per heavy atom. The lowest BCUT2D eigenvalue weighted by Crippen LogP contribution is -2.39. The van der Waals surface area contributed by atoms with Gasteiger partial charge in [-0.3, -0.25) is 4.79 Å². The van der Waals surface area contributed by atoms with Crippen molar-refractivity contribution in [3.63, 3.8) is 0 Å². The number of amides is 3. The van der Waals surface area contributed by atoms with Gasteiger partial charge in [0.2, 0.25) is 0 Å². The number of nitrogens with one attached hydrogen (secondary N) is 1. The molecule has 2 rings (SSSR count). The largest absolute Gasteiger partial charge is 0.484 e. The molecule has 0 heterocycles. The molecule has 0 saturated carbocycles. The number of hydrogen-bond acceptors (Lipinski definition) is 4. The van der Waals surface area contributed by atoms with Gasteiger partial charge in [0.05, 0.1) is 0 Å². The second-order valence-electron chi connectivity index (χ2n) is 7.25. The highest BCUT2D eigenvalue weighted by atomic mass is 16.5. The van der Waals surface area contributed by atoms with Crippen molar-refractivity contribution in [2.45, 2.75) is 6.54 Å². The Balaban J connectivity index is 2.03. The molecule has 0 aliphatic carbocycles. The van der Waals surface area contributed by atoms with Gasteiger partial charge in [0.1, 0.15) is 5.75 Å². The number of likely N-dealkylation sites (N-methyl/N-ethyl adjacent to an activating group) is 2. The SMILES string of the molecule is CN(C)CCN(Cc1ccccc1)C(=O)Nc1cccc(OCC(=O)N(C)C)c1. The maximum absolute atomic E-state index is 12.9. The van der Waals surface area contributed by atoms with Crippen LogP contribution in [0, 0.1) is 0 Å². The van der Waals surface area contributed by atoms with Crippen LogP contribution >= 0.6 is 0 Å². The van der Waals surface area contributed by atoms with Crippen LogP contribution in [0.4, 0.5) is 10.5 Å². The Morgan fingerprint density at radius 1 is 0.931 bits per heavy atom. The van der Waals surface area contributed by atoms with E-state index in [9.17, 15) is 9.59 Å². The topological polar surface area (TPSA) is 65.1 Å². The Kier molecular flexibility index (Phi) is 8.48. The predicted octanol–water partition coefficient (Wildman–Crippen LogP) is 2.75. The third-order valence-corrected chi connectivity index (χ3v) is 4.27. The fourth-order valence-corrected chi connectivity index (χ4v) is 2.52. The van der Waals surface area contributed by atoms with Crippen molar-refractivity contribution < 1.29 is 14.3 Å². The first kappa shape index (κ1) is 22.2. The molecule has 0 saturated heterocycles. The highest BCUT2D eigenvalue weighted by Gasteiger charge is 2.15. The van der Waals surface area contributed by atoms with E-state index in [1.807, 2.05) is 49.3 Å². The summed E-state index contributed by atoms with van der Waals surface area (Å²) in [5.41, 5.74) is 1.69. The zero-order chi connectivity index (χ0) is 21.2. The van der Waals surface area contributed by atoms with Crippen LogP contribution in [0.3, 0.4) is 0 Å². The van der Waals surface area contributed by atoms with Gasteiger partial charge >= 0.3 is 6.03 Å². The molecule has 156 valence electrons. The number of anilines is 1. The molecule has 29 heavy (non-hydrogen) atoms. The molecule has 0 spiro atoms. The first-order chi connectivity index (χ1) is 13.8. The molecule has 0 aromatic heterocycles. The lowest BCUT2D eigenvalue weighted by Gasteiger charge is -2.25. The molecular weight excluding hydrogens is 368 g/mol. The quantitative estimate of drug-likeness (QED) is 0.705. The second-order valence-corrected chi connectivity index (χ2v) is 7.25. The van der Waals surface area contributed by atoms with E-state index < -0.39 is 0 Å². The van der Waals surface area contributed by atoms with E-state index in [4.69, 9.17) is 4.74 Å². The van der Waals surface area contributed by atoms with Gasteiger partial charge in [-0.2, -0.15) is 0 Å². The first-order valence-electron chi connectivity index (χ1n) is 9.52. The van der Waals surface area contributed by atoms with Crippen molar-refractivity contribution in [2.24, 2.45) is 0 Å². The number of benzene rings is 2. The van der Waals surface area contributed by atoms with Gasteiger partial charge in [-0.05, 0) is 31.8 Å². The van der Waals surface area contributed by atoms with Gasteiger partial charge in [0.15, 0.2) is 6.61 Å². The molecule has 0 aliphatic rings. The van der Waals surface area contributed by atoms with E-state index >= 15 is 0 Å². The average molecular weight is 399 g/mol. The van der Waals surface area contributed by atoms with Crippen LogP contribution in [0.2, 0.25) is 0 Å².